The topological polar surface area (TPSA) is 102 Å². The summed E-state index contributed by atoms with van der Waals surface area (Å²) in [5.74, 6) is 1.11. The molecular formula is C21H20ClN7O2. The van der Waals surface area contributed by atoms with Crippen molar-refractivity contribution in [3.05, 3.63) is 51.9 Å². The molecule has 0 saturated carbocycles. The first-order valence-corrected chi connectivity index (χ1v) is 10.5. The van der Waals surface area contributed by atoms with Crippen LogP contribution in [0.25, 0.3) is 33.9 Å². The number of anilines is 1. The Kier molecular flexibility index (Phi) is 5.13. The molecule has 1 N–H and O–H groups in total. The molecule has 1 aliphatic rings. The minimum atomic E-state index is -0.238. The largest absolute Gasteiger partial charge is 0.416 e. The van der Waals surface area contributed by atoms with Crippen LogP contribution in [0.3, 0.4) is 0 Å². The Morgan fingerprint density at radius 2 is 1.87 bits per heavy atom. The highest BCUT2D eigenvalue weighted by atomic mass is 35.5. The van der Waals surface area contributed by atoms with E-state index in [0.29, 0.717) is 40.0 Å². The third-order valence-electron chi connectivity index (χ3n) is 5.29. The van der Waals surface area contributed by atoms with Crippen LogP contribution in [0, 0.1) is 0 Å². The molecule has 0 bridgehead atoms. The van der Waals surface area contributed by atoms with Crippen LogP contribution in [0.4, 0.5) is 5.95 Å². The number of piperazine rings is 1. The molecule has 0 spiro atoms. The van der Waals surface area contributed by atoms with Crippen molar-refractivity contribution in [3.8, 4) is 22.9 Å². The van der Waals surface area contributed by atoms with E-state index in [-0.39, 0.29) is 11.3 Å². The number of rotatable bonds is 4. The highest BCUT2D eigenvalue weighted by Crippen LogP contribution is 2.25. The first-order chi connectivity index (χ1) is 15.1. The Labute approximate surface area is 182 Å². The molecule has 4 heterocycles. The highest BCUT2D eigenvalue weighted by molar-refractivity contribution is 6.30. The maximum atomic E-state index is 13.2. The third-order valence-corrected chi connectivity index (χ3v) is 5.54. The van der Waals surface area contributed by atoms with Gasteiger partial charge in [-0.15, -0.1) is 10.2 Å². The van der Waals surface area contributed by atoms with Crippen molar-refractivity contribution in [2.75, 3.05) is 31.1 Å². The van der Waals surface area contributed by atoms with E-state index in [1.165, 1.54) is 0 Å². The van der Waals surface area contributed by atoms with Gasteiger partial charge in [-0.2, -0.15) is 4.98 Å². The zero-order chi connectivity index (χ0) is 21.4. The molecule has 1 aromatic carbocycles. The number of nitrogens with one attached hydrogen (secondary N) is 1. The van der Waals surface area contributed by atoms with Gasteiger partial charge in [-0.3, -0.25) is 4.79 Å². The predicted molar refractivity (Wildman–Crippen MR) is 118 cm³/mol. The number of nitrogens with zero attached hydrogens (tertiary/aromatic N) is 6. The summed E-state index contributed by atoms with van der Waals surface area (Å²) in [6.07, 6.45) is 3.31. The quantitative estimate of drug-likeness (QED) is 0.519. The second-order valence-electron chi connectivity index (χ2n) is 7.22. The number of aryl methyl sites for hydroxylation is 1. The number of pyridine rings is 1. The summed E-state index contributed by atoms with van der Waals surface area (Å²) in [5, 5.41) is 12.5. The second-order valence-corrected chi connectivity index (χ2v) is 7.66. The van der Waals surface area contributed by atoms with E-state index in [1.54, 1.807) is 36.7 Å². The van der Waals surface area contributed by atoms with Crippen LogP contribution >= 0.6 is 11.6 Å². The number of hydrogen-bond acceptors (Lipinski definition) is 8. The van der Waals surface area contributed by atoms with Crippen LogP contribution in [0.5, 0.6) is 0 Å². The zero-order valence-corrected chi connectivity index (χ0v) is 17.6. The Bertz CT molecular complexity index is 1290. The van der Waals surface area contributed by atoms with E-state index in [4.69, 9.17) is 21.0 Å². The summed E-state index contributed by atoms with van der Waals surface area (Å²) < 4.78 is 7.72. The maximum absolute atomic E-state index is 13.2. The van der Waals surface area contributed by atoms with Gasteiger partial charge in [-0.05, 0) is 31.2 Å². The average Bonchev–Trinajstić information content (AvgIpc) is 3.30. The smallest absolute Gasteiger partial charge is 0.253 e. The summed E-state index contributed by atoms with van der Waals surface area (Å²) in [6, 6.07) is 7.06. The van der Waals surface area contributed by atoms with Gasteiger partial charge in [0.15, 0.2) is 0 Å². The van der Waals surface area contributed by atoms with Crippen LogP contribution in [0.2, 0.25) is 5.02 Å². The molecule has 4 aromatic rings. The number of hydrogen-bond donors (Lipinski definition) is 1. The third kappa shape index (κ3) is 3.66. The van der Waals surface area contributed by atoms with Crippen LogP contribution < -0.4 is 15.6 Å². The highest BCUT2D eigenvalue weighted by Gasteiger charge is 2.20. The van der Waals surface area contributed by atoms with E-state index in [9.17, 15) is 4.79 Å². The minimum Gasteiger partial charge on any atom is -0.416 e. The Morgan fingerprint density at radius 3 is 2.61 bits per heavy atom. The van der Waals surface area contributed by atoms with Gasteiger partial charge in [0.25, 0.3) is 5.89 Å². The van der Waals surface area contributed by atoms with Gasteiger partial charge in [0, 0.05) is 55.7 Å². The molecular weight excluding hydrogens is 418 g/mol. The first kappa shape index (κ1) is 19.7. The van der Waals surface area contributed by atoms with Crippen molar-refractivity contribution in [1.29, 1.82) is 0 Å². The second kappa shape index (κ2) is 8.09. The molecule has 0 amide bonds. The summed E-state index contributed by atoms with van der Waals surface area (Å²) in [4.78, 5) is 24.5. The zero-order valence-electron chi connectivity index (χ0n) is 16.9. The molecule has 0 aliphatic carbocycles. The van der Waals surface area contributed by atoms with Crippen LogP contribution in [-0.4, -0.2) is 50.9 Å². The standard InChI is InChI=1S/C21H20ClN7O2/c1-2-28-12-16(20-27-26-19(31-20)13-3-5-14(22)6-4-13)17(30)15-11-24-21(25-18(15)28)29-9-7-23-8-10-29/h3-6,11-12,23H,2,7-10H2,1H3. The summed E-state index contributed by atoms with van der Waals surface area (Å²) >= 11 is 5.94. The van der Waals surface area contributed by atoms with E-state index >= 15 is 0 Å². The summed E-state index contributed by atoms with van der Waals surface area (Å²) in [5.41, 5.74) is 1.40. The number of fused-ring (bicyclic) bond motifs is 1. The molecule has 1 saturated heterocycles. The van der Waals surface area contributed by atoms with Crippen molar-refractivity contribution in [3.63, 3.8) is 0 Å². The van der Waals surface area contributed by atoms with E-state index in [1.807, 2.05) is 11.5 Å². The van der Waals surface area contributed by atoms with Gasteiger partial charge < -0.3 is 19.2 Å². The van der Waals surface area contributed by atoms with Gasteiger partial charge in [0.2, 0.25) is 17.3 Å². The molecule has 1 fully saturated rings. The van der Waals surface area contributed by atoms with Gasteiger partial charge in [-0.25, -0.2) is 4.98 Å². The van der Waals surface area contributed by atoms with Gasteiger partial charge in [0.1, 0.15) is 11.2 Å². The predicted octanol–water partition coefficient (Wildman–Crippen LogP) is 2.59. The summed E-state index contributed by atoms with van der Waals surface area (Å²) in [6.45, 7) is 6.04. The molecule has 1 aliphatic heterocycles. The maximum Gasteiger partial charge on any atom is 0.253 e. The Hall–Kier alpha value is -3.30. The van der Waals surface area contributed by atoms with Crippen LogP contribution in [0.1, 0.15) is 6.92 Å². The SMILES string of the molecule is CCn1cc(-c2nnc(-c3ccc(Cl)cc3)o2)c(=O)c2cnc(N3CCNCC3)nc21. The molecule has 0 atom stereocenters. The van der Waals surface area contributed by atoms with E-state index < -0.39 is 0 Å². The molecule has 158 valence electrons. The van der Waals surface area contributed by atoms with Crippen molar-refractivity contribution in [2.45, 2.75) is 13.5 Å². The monoisotopic (exact) mass is 437 g/mol. The lowest BCUT2D eigenvalue weighted by molar-refractivity contribution is 0.579. The van der Waals surface area contributed by atoms with Gasteiger partial charge in [0.05, 0.1) is 5.39 Å². The lowest BCUT2D eigenvalue weighted by Crippen LogP contribution is -2.44. The molecule has 5 rings (SSSR count). The van der Waals surface area contributed by atoms with Gasteiger partial charge >= 0.3 is 0 Å². The fraction of sp³-hybridized carbons (Fsp3) is 0.286. The number of aromatic nitrogens is 5. The van der Waals surface area contributed by atoms with Crippen LogP contribution in [0.15, 0.2) is 45.9 Å². The number of benzene rings is 1. The fourth-order valence-electron chi connectivity index (χ4n) is 3.62. The minimum absolute atomic E-state index is 0.158. The Balaban J connectivity index is 1.58. The molecule has 9 nitrogen and oxygen atoms in total. The number of halogens is 1. The van der Waals surface area contributed by atoms with Crippen molar-refractivity contribution in [2.24, 2.45) is 0 Å². The normalized spacial score (nSPS) is 14.3. The van der Waals surface area contributed by atoms with Crippen LogP contribution in [-0.2, 0) is 6.54 Å². The fourth-order valence-corrected chi connectivity index (χ4v) is 3.74. The van der Waals surface area contributed by atoms with E-state index in [0.717, 1.165) is 31.7 Å². The molecule has 31 heavy (non-hydrogen) atoms. The van der Waals surface area contributed by atoms with Crippen molar-refractivity contribution < 1.29 is 4.42 Å². The first-order valence-electron chi connectivity index (χ1n) is 10.1. The average molecular weight is 438 g/mol. The Morgan fingerprint density at radius 1 is 1.13 bits per heavy atom. The van der Waals surface area contributed by atoms with E-state index in [2.05, 4.69) is 25.4 Å². The lowest BCUT2D eigenvalue weighted by Gasteiger charge is -2.27. The van der Waals surface area contributed by atoms with Crippen molar-refractivity contribution >= 4 is 28.6 Å². The molecule has 3 aromatic heterocycles. The summed E-state index contributed by atoms with van der Waals surface area (Å²) in [7, 11) is 0. The molecule has 0 unspecified atom stereocenters. The molecule has 10 heteroatoms. The van der Waals surface area contributed by atoms with Crippen molar-refractivity contribution in [1.82, 2.24) is 30.0 Å². The lowest BCUT2D eigenvalue weighted by atomic mass is 10.2. The van der Waals surface area contributed by atoms with Gasteiger partial charge in [-0.1, -0.05) is 11.6 Å². The molecule has 0 radical (unpaired) electrons.